The fourth-order valence-electron chi connectivity index (χ4n) is 2.51. The maximum atomic E-state index is 4.67. The van der Waals surface area contributed by atoms with Gasteiger partial charge in [0.1, 0.15) is 0 Å². The van der Waals surface area contributed by atoms with Crippen molar-refractivity contribution in [1.29, 1.82) is 0 Å². The van der Waals surface area contributed by atoms with Gasteiger partial charge < -0.3 is 5.32 Å². The van der Waals surface area contributed by atoms with Gasteiger partial charge in [0.2, 0.25) is 0 Å². The van der Waals surface area contributed by atoms with Gasteiger partial charge >= 0.3 is 0 Å². The molecule has 5 heteroatoms. The van der Waals surface area contributed by atoms with Crippen LogP contribution in [0.15, 0.2) is 60.8 Å². The van der Waals surface area contributed by atoms with Crippen LogP contribution in [0, 0.1) is 6.92 Å². The van der Waals surface area contributed by atoms with Gasteiger partial charge in [-0.15, -0.1) is 0 Å². The molecule has 0 saturated heterocycles. The van der Waals surface area contributed by atoms with Crippen LogP contribution in [-0.4, -0.2) is 20.2 Å². The van der Waals surface area contributed by atoms with Crippen LogP contribution in [0.5, 0.6) is 0 Å². The van der Waals surface area contributed by atoms with Gasteiger partial charge in [-0.3, -0.25) is 5.10 Å². The third-order valence-corrected chi connectivity index (χ3v) is 3.63. The number of fused-ring (bicyclic) bond motifs is 1. The quantitative estimate of drug-likeness (QED) is 0.598. The first kappa shape index (κ1) is 13.5. The summed E-state index contributed by atoms with van der Waals surface area (Å²) < 4.78 is 0. The summed E-state index contributed by atoms with van der Waals surface area (Å²) in [6, 6.07) is 17.9. The first-order valence-electron chi connectivity index (χ1n) is 7.40. The average Bonchev–Trinajstić information content (AvgIpc) is 3.00. The fraction of sp³-hybridized carbons (Fsp3) is 0.0556. The molecule has 0 aliphatic heterocycles. The van der Waals surface area contributed by atoms with E-state index in [9.17, 15) is 0 Å². The van der Waals surface area contributed by atoms with E-state index in [0.717, 1.165) is 39.5 Å². The van der Waals surface area contributed by atoms with Crippen LogP contribution in [-0.2, 0) is 0 Å². The lowest BCUT2D eigenvalue weighted by Gasteiger charge is -2.08. The highest BCUT2D eigenvalue weighted by atomic mass is 15.2. The predicted octanol–water partition coefficient (Wildman–Crippen LogP) is 4.07. The minimum Gasteiger partial charge on any atom is -0.338 e. The molecular formula is C18H15N5. The lowest BCUT2D eigenvalue weighted by atomic mass is 10.1. The van der Waals surface area contributed by atoms with E-state index in [1.165, 1.54) is 0 Å². The minimum atomic E-state index is 0.728. The zero-order valence-corrected chi connectivity index (χ0v) is 12.6. The Bertz CT molecular complexity index is 959. The molecule has 0 spiro atoms. The standard InChI is InChI=1S/C18H15N5/c1-12-10-17(23-22-12)20-15-8-5-9-16-14(15)11-19-18(21-16)13-6-3-2-4-7-13/h2-11H,1H3,(H2,20,22,23). The van der Waals surface area contributed by atoms with Crippen molar-refractivity contribution in [3.05, 3.63) is 66.5 Å². The summed E-state index contributed by atoms with van der Waals surface area (Å²) in [4.78, 5) is 9.18. The molecule has 112 valence electrons. The smallest absolute Gasteiger partial charge is 0.159 e. The number of aryl methyl sites for hydroxylation is 1. The molecule has 0 aliphatic rings. The van der Waals surface area contributed by atoms with Gasteiger partial charge in [0.25, 0.3) is 0 Å². The zero-order chi connectivity index (χ0) is 15.6. The summed E-state index contributed by atoms with van der Waals surface area (Å²) >= 11 is 0. The Labute approximate surface area is 133 Å². The van der Waals surface area contributed by atoms with E-state index in [2.05, 4.69) is 25.5 Å². The Balaban J connectivity index is 1.76. The molecule has 5 nitrogen and oxygen atoms in total. The number of hydrogen-bond acceptors (Lipinski definition) is 4. The van der Waals surface area contributed by atoms with Crippen LogP contribution in [0.1, 0.15) is 5.69 Å². The molecule has 0 radical (unpaired) electrons. The molecule has 2 aromatic carbocycles. The van der Waals surface area contributed by atoms with Crippen LogP contribution >= 0.6 is 0 Å². The molecule has 0 unspecified atom stereocenters. The summed E-state index contributed by atoms with van der Waals surface area (Å²) in [6.45, 7) is 1.97. The molecule has 0 amide bonds. The Kier molecular flexibility index (Phi) is 3.24. The number of hydrogen-bond donors (Lipinski definition) is 2. The highest BCUT2D eigenvalue weighted by Gasteiger charge is 2.07. The van der Waals surface area contributed by atoms with E-state index >= 15 is 0 Å². The van der Waals surface area contributed by atoms with Crippen LogP contribution in [0.3, 0.4) is 0 Å². The number of nitrogens with one attached hydrogen (secondary N) is 2. The third kappa shape index (κ3) is 2.64. The van der Waals surface area contributed by atoms with Gasteiger partial charge in [0.15, 0.2) is 11.6 Å². The van der Waals surface area contributed by atoms with Crippen LogP contribution in [0.4, 0.5) is 11.5 Å². The van der Waals surface area contributed by atoms with Crippen LogP contribution in [0.25, 0.3) is 22.3 Å². The van der Waals surface area contributed by atoms with Crippen molar-refractivity contribution < 1.29 is 0 Å². The molecule has 4 aromatic rings. The second kappa shape index (κ2) is 5.53. The zero-order valence-electron chi connectivity index (χ0n) is 12.6. The van der Waals surface area contributed by atoms with Crippen LogP contribution in [0.2, 0.25) is 0 Å². The topological polar surface area (TPSA) is 66.5 Å². The maximum Gasteiger partial charge on any atom is 0.159 e. The highest BCUT2D eigenvalue weighted by molar-refractivity contribution is 5.93. The SMILES string of the molecule is Cc1cc(Nc2cccc3nc(-c4ccccc4)ncc23)n[nH]1. The number of aromatic nitrogens is 4. The summed E-state index contributed by atoms with van der Waals surface area (Å²) in [5.74, 6) is 1.51. The van der Waals surface area contributed by atoms with Crippen molar-refractivity contribution in [1.82, 2.24) is 20.2 Å². The van der Waals surface area contributed by atoms with Crippen molar-refractivity contribution in [3.63, 3.8) is 0 Å². The largest absolute Gasteiger partial charge is 0.338 e. The number of benzene rings is 2. The Hall–Kier alpha value is -3.21. The lowest BCUT2D eigenvalue weighted by molar-refractivity contribution is 1.05. The highest BCUT2D eigenvalue weighted by Crippen LogP contribution is 2.26. The average molecular weight is 301 g/mol. The van der Waals surface area contributed by atoms with Gasteiger partial charge in [-0.05, 0) is 19.1 Å². The van der Waals surface area contributed by atoms with Crippen molar-refractivity contribution in [2.45, 2.75) is 6.92 Å². The Morgan fingerprint density at radius 1 is 1.00 bits per heavy atom. The summed E-state index contributed by atoms with van der Waals surface area (Å²) in [5, 5.41) is 11.4. The second-order valence-corrected chi connectivity index (χ2v) is 5.36. The van der Waals surface area contributed by atoms with E-state index in [0.29, 0.717) is 0 Å². The monoisotopic (exact) mass is 301 g/mol. The molecule has 2 N–H and O–H groups in total. The molecule has 2 heterocycles. The molecule has 0 bridgehead atoms. The third-order valence-electron chi connectivity index (χ3n) is 3.63. The fourth-order valence-corrected chi connectivity index (χ4v) is 2.51. The van der Waals surface area contributed by atoms with E-state index in [4.69, 9.17) is 0 Å². The molecular weight excluding hydrogens is 286 g/mol. The molecule has 0 atom stereocenters. The van der Waals surface area contributed by atoms with Gasteiger partial charge in [0, 0.05) is 28.9 Å². The molecule has 2 aromatic heterocycles. The second-order valence-electron chi connectivity index (χ2n) is 5.36. The lowest BCUT2D eigenvalue weighted by Crippen LogP contribution is -1.95. The van der Waals surface area contributed by atoms with Crippen molar-refractivity contribution in [2.75, 3.05) is 5.32 Å². The maximum absolute atomic E-state index is 4.67. The summed E-state index contributed by atoms with van der Waals surface area (Å²) in [5.41, 5.74) is 3.86. The predicted molar refractivity (Wildman–Crippen MR) is 91.6 cm³/mol. The first-order valence-corrected chi connectivity index (χ1v) is 7.40. The minimum absolute atomic E-state index is 0.728. The Morgan fingerprint density at radius 3 is 2.65 bits per heavy atom. The van der Waals surface area contributed by atoms with Crippen molar-refractivity contribution in [3.8, 4) is 11.4 Å². The molecule has 4 rings (SSSR count). The number of rotatable bonds is 3. The molecule has 23 heavy (non-hydrogen) atoms. The van der Waals surface area contributed by atoms with Gasteiger partial charge in [-0.2, -0.15) is 5.10 Å². The van der Waals surface area contributed by atoms with E-state index < -0.39 is 0 Å². The van der Waals surface area contributed by atoms with E-state index in [-0.39, 0.29) is 0 Å². The Morgan fingerprint density at radius 2 is 1.87 bits per heavy atom. The number of H-pyrrole nitrogens is 1. The summed E-state index contributed by atoms with van der Waals surface area (Å²) in [7, 11) is 0. The molecule has 0 aliphatic carbocycles. The van der Waals surface area contributed by atoms with Crippen LogP contribution < -0.4 is 5.32 Å². The first-order chi connectivity index (χ1) is 11.3. The molecule has 0 fully saturated rings. The van der Waals surface area contributed by atoms with E-state index in [1.807, 2.05) is 67.7 Å². The van der Waals surface area contributed by atoms with E-state index in [1.54, 1.807) is 0 Å². The number of nitrogens with zero attached hydrogens (tertiary/aromatic N) is 3. The molecule has 0 saturated carbocycles. The summed E-state index contributed by atoms with van der Waals surface area (Å²) in [6.07, 6.45) is 1.85. The number of aromatic amines is 1. The van der Waals surface area contributed by atoms with Crippen molar-refractivity contribution in [2.24, 2.45) is 0 Å². The van der Waals surface area contributed by atoms with Gasteiger partial charge in [0.05, 0.1) is 11.2 Å². The number of anilines is 2. The van der Waals surface area contributed by atoms with Gasteiger partial charge in [-0.1, -0.05) is 36.4 Å². The normalized spacial score (nSPS) is 10.8. The van der Waals surface area contributed by atoms with Gasteiger partial charge in [-0.25, -0.2) is 9.97 Å². The van der Waals surface area contributed by atoms with Crippen molar-refractivity contribution >= 4 is 22.4 Å².